The predicted molar refractivity (Wildman–Crippen MR) is 78.2 cm³/mol. The highest BCUT2D eigenvalue weighted by Gasteiger charge is 2.22. The number of sulfonamides is 1. The number of ether oxygens (including phenoxy) is 1. The van der Waals surface area contributed by atoms with Crippen molar-refractivity contribution in [3.8, 4) is 0 Å². The zero-order chi connectivity index (χ0) is 17.0. The lowest BCUT2D eigenvalue weighted by Gasteiger charge is -2.10. The van der Waals surface area contributed by atoms with E-state index in [1.165, 1.54) is 24.3 Å². The van der Waals surface area contributed by atoms with E-state index in [2.05, 4.69) is 9.46 Å². The highest BCUT2D eigenvalue weighted by atomic mass is 32.2. The molecule has 0 radical (unpaired) electrons. The fraction of sp³-hybridized carbons (Fsp3) is 0.133. The first-order chi connectivity index (χ1) is 10.8. The van der Waals surface area contributed by atoms with E-state index < -0.39 is 34.2 Å². The van der Waals surface area contributed by atoms with Gasteiger partial charge in [-0.05, 0) is 30.3 Å². The van der Waals surface area contributed by atoms with Crippen molar-refractivity contribution in [1.29, 1.82) is 0 Å². The summed E-state index contributed by atoms with van der Waals surface area (Å²) in [6, 6.07) is 8.16. The number of rotatable bonds is 5. The maximum Gasteiger partial charge on any atom is 0.339 e. The van der Waals surface area contributed by atoms with Gasteiger partial charge < -0.3 is 4.74 Å². The van der Waals surface area contributed by atoms with Crippen molar-refractivity contribution in [3.05, 3.63) is 65.2 Å². The van der Waals surface area contributed by atoms with E-state index in [1.807, 2.05) is 0 Å². The molecule has 0 aliphatic heterocycles. The molecule has 0 fully saturated rings. The van der Waals surface area contributed by atoms with Crippen LogP contribution in [-0.2, 0) is 21.3 Å². The van der Waals surface area contributed by atoms with Gasteiger partial charge in [-0.3, -0.25) is 0 Å². The fourth-order valence-electron chi connectivity index (χ4n) is 1.91. The number of carbonyl (C=O) groups excluding carboxylic acids is 1. The average Bonchev–Trinajstić information content (AvgIpc) is 2.55. The van der Waals surface area contributed by atoms with Gasteiger partial charge in [0, 0.05) is 12.1 Å². The Balaban J connectivity index is 2.30. The molecule has 0 spiro atoms. The molecule has 0 saturated carbocycles. The van der Waals surface area contributed by atoms with Gasteiger partial charge in [0.2, 0.25) is 10.0 Å². The highest BCUT2D eigenvalue weighted by molar-refractivity contribution is 7.89. The normalized spacial score (nSPS) is 11.3. The highest BCUT2D eigenvalue weighted by Crippen LogP contribution is 2.17. The summed E-state index contributed by atoms with van der Waals surface area (Å²) in [5.41, 5.74) is -0.300. The molecule has 0 aliphatic carbocycles. The minimum Gasteiger partial charge on any atom is -0.465 e. The van der Waals surface area contributed by atoms with Crippen molar-refractivity contribution in [1.82, 2.24) is 4.72 Å². The number of hydrogen-bond donors (Lipinski definition) is 1. The number of halogens is 2. The smallest absolute Gasteiger partial charge is 0.339 e. The molecule has 23 heavy (non-hydrogen) atoms. The van der Waals surface area contributed by atoms with Crippen LogP contribution in [0.2, 0.25) is 0 Å². The molecule has 0 saturated heterocycles. The lowest BCUT2D eigenvalue weighted by atomic mass is 10.2. The second-order valence-electron chi connectivity index (χ2n) is 4.55. The van der Waals surface area contributed by atoms with Gasteiger partial charge in [-0.2, -0.15) is 0 Å². The predicted octanol–water partition coefficient (Wildman–Crippen LogP) is 2.23. The molecule has 0 heterocycles. The molecule has 0 amide bonds. The molecule has 8 heteroatoms. The molecule has 0 aliphatic rings. The number of nitrogens with one attached hydrogen (secondary N) is 1. The molecular formula is C15H13F2NO4S. The summed E-state index contributed by atoms with van der Waals surface area (Å²) in [6.45, 7) is -0.457. The van der Waals surface area contributed by atoms with Crippen LogP contribution in [0.25, 0.3) is 0 Å². The van der Waals surface area contributed by atoms with Crippen LogP contribution in [0, 0.1) is 11.6 Å². The van der Waals surface area contributed by atoms with Gasteiger partial charge in [0.1, 0.15) is 11.6 Å². The SMILES string of the molecule is COC(=O)c1ccccc1S(=O)(=O)NCc1cc(F)ccc1F. The van der Waals surface area contributed by atoms with Gasteiger partial charge in [-0.15, -0.1) is 0 Å². The second kappa shape index (κ2) is 6.84. The van der Waals surface area contributed by atoms with E-state index >= 15 is 0 Å². The lowest BCUT2D eigenvalue weighted by molar-refractivity contribution is 0.0596. The number of carbonyl (C=O) groups is 1. The third-order valence-electron chi connectivity index (χ3n) is 3.04. The summed E-state index contributed by atoms with van der Waals surface area (Å²) in [5.74, 6) is -2.24. The fourth-order valence-corrected chi connectivity index (χ4v) is 3.11. The Hall–Kier alpha value is -2.32. The van der Waals surface area contributed by atoms with Crippen LogP contribution < -0.4 is 4.72 Å². The Labute approximate surface area is 132 Å². The summed E-state index contributed by atoms with van der Waals surface area (Å²) in [5, 5.41) is 0. The maximum absolute atomic E-state index is 13.5. The van der Waals surface area contributed by atoms with E-state index in [-0.39, 0.29) is 16.0 Å². The van der Waals surface area contributed by atoms with E-state index in [0.717, 1.165) is 25.3 Å². The van der Waals surface area contributed by atoms with Crippen LogP contribution in [0.15, 0.2) is 47.4 Å². The van der Waals surface area contributed by atoms with Crippen LogP contribution in [0.3, 0.4) is 0 Å². The van der Waals surface area contributed by atoms with Crippen molar-refractivity contribution in [2.45, 2.75) is 11.4 Å². The van der Waals surface area contributed by atoms with Crippen LogP contribution in [0.5, 0.6) is 0 Å². The molecule has 0 atom stereocenters. The molecule has 122 valence electrons. The number of hydrogen-bond acceptors (Lipinski definition) is 4. The minimum absolute atomic E-state index is 0.149. The molecule has 0 bridgehead atoms. The lowest BCUT2D eigenvalue weighted by Crippen LogP contribution is -2.25. The van der Waals surface area contributed by atoms with Gasteiger partial charge in [-0.25, -0.2) is 26.7 Å². The number of benzene rings is 2. The van der Waals surface area contributed by atoms with Crippen LogP contribution >= 0.6 is 0 Å². The molecule has 2 aromatic carbocycles. The van der Waals surface area contributed by atoms with Crippen molar-refractivity contribution >= 4 is 16.0 Å². The summed E-state index contributed by atoms with van der Waals surface area (Å²) in [7, 11) is -2.99. The van der Waals surface area contributed by atoms with Gasteiger partial charge in [0.15, 0.2) is 0 Å². The first-order valence-corrected chi connectivity index (χ1v) is 7.94. The molecule has 5 nitrogen and oxygen atoms in total. The summed E-state index contributed by atoms with van der Waals surface area (Å²) < 4.78 is 57.9. The van der Waals surface area contributed by atoms with E-state index in [0.29, 0.717) is 0 Å². The molecule has 0 unspecified atom stereocenters. The molecule has 0 aromatic heterocycles. The Bertz CT molecular complexity index is 837. The van der Waals surface area contributed by atoms with E-state index in [9.17, 15) is 22.0 Å². The number of esters is 1. The maximum atomic E-state index is 13.5. The summed E-state index contributed by atoms with van der Waals surface area (Å²) >= 11 is 0. The third-order valence-corrected chi connectivity index (χ3v) is 4.50. The molecule has 2 aromatic rings. The standard InChI is InChI=1S/C15H13F2NO4S/c1-22-15(19)12-4-2-3-5-14(12)23(20,21)18-9-10-8-11(16)6-7-13(10)17/h2-8,18H,9H2,1H3. The summed E-state index contributed by atoms with van der Waals surface area (Å²) in [4.78, 5) is 11.3. The van der Waals surface area contributed by atoms with Crippen molar-refractivity contribution in [2.24, 2.45) is 0 Å². The van der Waals surface area contributed by atoms with Crippen molar-refractivity contribution < 1.29 is 26.7 Å². The molecule has 1 N–H and O–H groups in total. The van der Waals surface area contributed by atoms with Gasteiger partial charge in [0.05, 0.1) is 17.6 Å². The first kappa shape index (κ1) is 17.0. The van der Waals surface area contributed by atoms with Crippen LogP contribution in [0.1, 0.15) is 15.9 Å². The largest absolute Gasteiger partial charge is 0.465 e. The van der Waals surface area contributed by atoms with E-state index in [1.54, 1.807) is 0 Å². The average molecular weight is 341 g/mol. The zero-order valence-electron chi connectivity index (χ0n) is 12.0. The zero-order valence-corrected chi connectivity index (χ0v) is 12.9. The monoisotopic (exact) mass is 341 g/mol. The Kier molecular flexibility index (Phi) is 5.07. The topological polar surface area (TPSA) is 72.5 Å². The third kappa shape index (κ3) is 3.91. The Morgan fingerprint density at radius 3 is 2.57 bits per heavy atom. The molecule has 2 rings (SSSR count). The van der Waals surface area contributed by atoms with Crippen molar-refractivity contribution in [3.63, 3.8) is 0 Å². The van der Waals surface area contributed by atoms with Gasteiger partial charge in [0.25, 0.3) is 0 Å². The quantitative estimate of drug-likeness (QED) is 0.847. The van der Waals surface area contributed by atoms with E-state index in [4.69, 9.17) is 0 Å². The van der Waals surface area contributed by atoms with Gasteiger partial charge >= 0.3 is 5.97 Å². The van der Waals surface area contributed by atoms with Crippen LogP contribution in [0.4, 0.5) is 8.78 Å². The molecular weight excluding hydrogens is 328 g/mol. The Morgan fingerprint density at radius 1 is 1.17 bits per heavy atom. The Morgan fingerprint density at radius 2 is 1.87 bits per heavy atom. The number of methoxy groups -OCH3 is 1. The summed E-state index contributed by atoms with van der Waals surface area (Å²) in [6.07, 6.45) is 0. The van der Waals surface area contributed by atoms with Crippen molar-refractivity contribution in [2.75, 3.05) is 7.11 Å². The minimum atomic E-state index is -4.11. The van der Waals surface area contributed by atoms with Crippen LogP contribution in [-0.4, -0.2) is 21.5 Å². The second-order valence-corrected chi connectivity index (χ2v) is 6.28. The first-order valence-electron chi connectivity index (χ1n) is 6.46. The van der Waals surface area contributed by atoms with Gasteiger partial charge in [-0.1, -0.05) is 12.1 Å².